The molecule has 0 aromatic heterocycles. The van der Waals surface area contributed by atoms with Gasteiger partial charge in [0.15, 0.2) is 6.10 Å². The highest BCUT2D eigenvalue weighted by Crippen LogP contribution is 2.20. The van der Waals surface area contributed by atoms with Gasteiger partial charge in [-0.05, 0) is 44.9 Å². The largest absolute Gasteiger partial charge is 0.462 e. The number of ether oxygens (including phenoxy) is 3. The van der Waals surface area contributed by atoms with Crippen LogP contribution < -0.4 is 0 Å². The maximum atomic E-state index is 13.0. The second kappa shape index (κ2) is 70.6. The Balaban J connectivity index is 4.26. The van der Waals surface area contributed by atoms with E-state index in [9.17, 15) is 14.4 Å². The lowest BCUT2D eigenvalue weighted by Crippen LogP contribution is -2.30. The van der Waals surface area contributed by atoms with E-state index < -0.39 is 6.10 Å². The highest BCUT2D eigenvalue weighted by Gasteiger charge is 2.20. The van der Waals surface area contributed by atoms with Crippen molar-refractivity contribution in [1.29, 1.82) is 0 Å². The lowest BCUT2D eigenvalue weighted by molar-refractivity contribution is -0.167. The summed E-state index contributed by atoms with van der Waals surface area (Å²) in [5, 5.41) is 0. The number of carbonyl (C=O) groups is 3. The highest BCUT2D eigenvalue weighted by molar-refractivity contribution is 5.71. The third kappa shape index (κ3) is 68.8. The van der Waals surface area contributed by atoms with Gasteiger partial charge in [0.25, 0.3) is 0 Å². The number of unbranched alkanes of at least 4 members (excludes halogenated alkanes) is 57. The van der Waals surface area contributed by atoms with Gasteiger partial charge in [-0.3, -0.25) is 14.4 Å². The fourth-order valence-corrected chi connectivity index (χ4v) is 11.7. The molecule has 0 rings (SSSR count). The Morgan fingerprint density at radius 3 is 0.617 bits per heavy atom. The fourth-order valence-electron chi connectivity index (χ4n) is 11.7. The summed E-state index contributed by atoms with van der Waals surface area (Å²) in [6.07, 6.45) is 85.4. The highest BCUT2D eigenvalue weighted by atomic mass is 16.6. The first-order valence-electron chi connectivity index (χ1n) is 37.2. The van der Waals surface area contributed by atoms with Crippen LogP contribution in [0.2, 0.25) is 0 Å². The van der Waals surface area contributed by atoms with Crippen LogP contribution in [0.4, 0.5) is 0 Å². The van der Waals surface area contributed by atoms with Gasteiger partial charge in [0.05, 0.1) is 0 Å². The average molecular weight is 1140 g/mol. The van der Waals surface area contributed by atoms with Crippen LogP contribution in [0.5, 0.6) is 0 Å². The second-order valence-electron chi connectivity index (χ2n) is 25.6. The summed E-state index contributed by atoms with van der Waals surface area (Å²) in [5.41, 5.74) is 0. The molecule has 0 heterocycles. The Hall–Kier alpha value is -1.85. The first-order valence-corrected chi connectivity index (χ1v) is 37.2. The number of hydrogen-bond acceptors (Lipinski definition) is 6. The zero-order valence-corrected chi connectivity index (χ0v) is 55.4. The normalized spacial score (nSPS) is 12.0. The molecule has 0 aliphatic rings. The van der Waals surface area contributed by atoms with E-state index in [4.69, 9.17) is 14.2 Å². The first kappa shape index (κ1) is 79.2. The van der Waals surface area contributed by atoms with Crippen LogP contribution in [0.25, 0.3) is 0 Å². The van der Waals surface area contributed by atoms with Crippen LogP contribution in [0.3, 0.4) is 0 Å². The molecule has 0 saturated heterocycles. The van der Waals surface area contributed by atoms with Crippen molar-refractivity contribution in [3.8, 4) is 0 Å². The molecule has 0 saturated carbocycles. The third-order valence-corrected chi connectivity index (χ3v) is 17.3. The molecule has 0 N–H and O–H groups in total. The number of rotatable bonds is 70. The average Bonchev–Trinajstić information content (AvgIpc) is 3.47. The van der Waals surface area contributed by atoms with Crippen LogP contribution in [0.15, 0.2) is 12.2 Å². The van der Waals surface area contributed by atoms with Crippen LogP contribution in [-0.4, -0.2) is 37.2 Å². The molecular weight excluding hydrogens is 997 g/mol. The molecule has 0 radical (unpaired) electrons. The van der Waals surface area contributed by atoms with Crippen molar-refractivity contribution in [2.24, 2.45) is 0 Å². The SMILES string of the molecule is CCCCCCCC/C=C\CCCCCCCCCC(=O)OCC(COC(=O)CCCCCCCCCCCCCCCCCCCCCCCCCC)OC(=O)CCCCCCCCCCCCCCCCCCCCCCCC. The monoisotopic (exact) mass is 1140 g/mol. The predicted octanol–water partition coefficient (Wildman–Crippen LogP) is 25.6. The Kier molecular flexibility index (Phi) is 69.0. The lowest BCUT2D eigenvalue weighted by atomic mass is 10.0. The zero-order chi connectivity index (χ0) is 58.5. The van der Waals surface area contributed by atoms with Gasteiger partial charge in [0.2, 0.25) is 0 Å². The minimum Gasteiger partial charge on any atom is -0.462 e. The van der Waals surface area contributed by atoms with Crippen molar-refractivity contribution in [1.82, 2.24) is 0 Å². The summed E-state index contributed by atoms with van der Waals surface area (Å²) >= 11 is 0. The Morgan fingerprint density at radius 2 is 0.407 bits per heavy atom. The van der Waals surface area contributed by atoms with E-state index in [1.54, 1.807) is 0 Å². The topological polar surface area (TPSA) is 78.9 Å². The van der Waals surface area contributed by atoms with E-state index in [-0.39, 0.29) is 31.1 Å². The van der Waals surface area contributed by atoms with Crippen molar-refractivity contribution in [2.75, 3.05) is 13.2 Å². The summed E-state index contributed by atoms with van der Waals surface area (Å²) in [5.74, 6) is -0.829. The summed E-state index contributed by atoms with van der Waals surface area (Å²) < 4.78 is 17.0. The molecule has 81 heavy (non-hydrogen) atoms. The van der Waals surface area contributed by atoms with E-state index in [0.717, 1.165) is 57.8 Å². The quantitative estimate of drug-likeness (QED) is 0.0261. The molecular formula is C75H144O6. The molecule has 1 unspecified atom stereocenters. The molecule has 0 spiro atoms. The van der Waals surface area contributed by atoms with Gasteiger partial charge in [-0.1, -0.05) is 380 Å². The fraction of sp³-hybridized carbons (Fsp3) is 0.933. The third-order valence-electron chi connectivity index (χ3n) is 17.3. The maximum absolute atomic E-state index is 13.0. The number of hydrogen-bond donors (Lipinski definition) is 0. The standard InChI is InChI=1S/C75H144O6/c1-4-7-10-13-16-19-22-25-28-31-33-35-37-38-40-41-44-47-50-53-56-59-62-65-68-74(77)80-71-72(70-79-73(76)67-64-61-58-55-52-49-46-43-30-27-24-21-18-15-12-9-6-3)81-75(78)69-66-63-60-57-54-51-48-45-42-39-36-34-32-29-26-23-20-17-14-11-8-5-2/h27,30,72H,4-26,28-29,31-71H2,1-3H3/b30-27-. The molecule has 6 heteroatoms. The van der Waals surface area contributed by atoms with Crippen LogP contribution >= 0.6 is 0 Å². The molecule has 0 amide bonds. The van der Waals surface area contributed by atoms with E-state index in [1.807, 2.05) is 0 Å². The predicted molar refractivity (Wildman–Crippen MR) is 353 cm³/mol. The molecule has 0 aromatic rings. The summed E-state index contributed by atoms with van der Waals surface area (Å²) in [4.78, 5) is 38.5. The number of allylic oxidation sites excluding steroid dienone is 2. The van der Waals surface area contributed by atoms with Crippen molar-refractivity contribution in [3.63, 3.8) is 0 Å². The Labute approximate surface area is 507 Å². The minimum absolute atomic E-state index is 0.0640. The van der Waals surface area contributed by atoms with Gasteiger partial charge in [-0.15, -0.1) is 0 Å². The van der Waals surface area contributed by atoms with Crippen molar-refractivity contribution in [2.45, 2.75) is 438 Å². The van der Waals surface area contributed by atoms with Gasteiger partial charge < -0.3 is 14.2 Å². The van der Waals surface area contributed by atoms with E-state index in [1.165, 1.54) is 334 Å². The van der Waals surface area contributed by atoms with Gasteiger partial charge in [0.1, 0.15) is 13.2 Å². The molecule has 0 aliphatic carbocycles. The van der Waals surface area contributed by atoms with Crippen molar-refractivity contribution >= 4 is 17.9 Å². The Bertz CT molecular complexity index is 1260. The van der Waals surface area contributed by atoms with Crippen LogP contribution in [0.1, 0.15) is 432 Å². The molecule has 0 aromatic carbocycles. The first-order chi connectivity index (χ1) is 40.0. The number of esters is 3. The molecule has 6 nitrogen and oxygen atoms in total. The molecule has 0 aliphatic heterocycles. The minimum atomic E-state index is -0.769. The number of carbonyl (C=O) groups excluding carboxylic acids is 3. The molecule has 0 fully saturated rings. The van der Waals surface area contributed by atoms with E-state index >= 15 is 0 Å². The maximum Gasteiger partial charge on any atom is 0.306 e. The summed E-state index contributed by atoms with van der Waals surface area (Å²) in [7, 11) is 0. The van der Waals surface area contributed by atoms with E-state index in [2.05, 4.69) is 32.9 Å². The van der Waals surface area contributed by atoms with Crippen LogP contribution in [-0.2, 0) is 28.6 Å². The van der Waals surface area contributed by atoms with Gasteiger partial charge >= 0.3 is 17.9 Å². The smallest absolute Gasteiger partial charge is 0.306 e. The summed E-state index contributed by atoms with van der Waals surface area (Å²) in [6, 6.07) is 0. The van der Waals surface area contributed by atoms with Gasteiger partial charge in [0, 0.05) is 19.3 Å². The van der Waals surface area contributed by atoms with Gasteiger partial charge in [-0.25, -0.2) is 0 Å². The van der Waals surface area contributed by atoms with Gasteiger partial charge in [-0.2, -0.15) is 0 Å². The molecule has 1 atom stereocenters. The zero-order valence-electron chi connectivity index (χ0n) is 55.4. The Morgan fingerprint density at radius 1 is 0.235 bits per heavy atom. The van der Waals surface area contributed by atoms with Crippen molar-refractivity contribution in [3.05, 3.63) is 12.2 Å². The van der Waals surface area contributed by atoms with Crippen molar-refractivity contribution < 1.29 is 28.6 Å². The molecule has 480 valence electrons. The lowest BCUT2D eigenvalue weighted by Gasteiger charge is -2.18. The molecule has 0 bridgehead atoms. The summed E-state index contributed by atoms with van der Waals surface area (Å²) in [6.45, 7) is 6.74. The van der Waals surface area contributed by atoms with E-state index in [0.29, 0.717) is 19.3 Å². The second-order valence-corrected chi connectivity index (χ2v) is 25.6. The van der Waals surface area contributed by atoms with Crippen LogP contribution in [0, 0.1) is 0 Å².